The van der Waals surface area contributed by atoms with Crippen LogP contribution in [0.3, 0.4) is 0 Å². The first-order chi connectivity index (χ1) is 16.1. The Hall–Kier alpha value is -3.25. The van der Waals surface area contributed by atoms with Crippen LogP contribution in [0.1, 0.15) is 29.3 Å². The molecular weight excluding hydrogens is 456 g/mol. The second kappa shape index (κ2) is 9.32. The Balaban J connectivity index is 1.21. The number of benzene rings is 2. The summed E-state index contributed by atoms with van der Waals surface area (Å²) >= 11 is 7.82. The fourth-order valence-corrected chi connectivity index (χ4v) is 5.40. The topological polar surface area (TPSA) is 86.8 Å². The smallest absolute Gasteiger partial charge is 0.239 e. The van der Waals surface area contributed by atoms with Gasteiger partial charge in [-0.25, -0.2) is 9.67 Å². The van der Waals surface area contributed by atoms with E-state index < -0.39 is 0 Å². The molecule has 0 spiro atoms. The molecule has 7 nitrogen and oxygen atoms in total. The minimum Gasteiger partial charge on any atom is -0.308 e. The Morgan fingerprint density at radius 3 is 2.76 bits per heavy atom. The number of para-hydroxylation sites is 1. The van der Waals surface area contributed by atoms with E-state index in [1.165, 1.54) is 6.20 Å². The standard InChI is InChI=1S/C24H21ClN6OS/c25-18-6-7-21-20(12-18)28-24(33-21)16-8-10-30(11-9-16)15-22(32)29-23-17(13-26)14-27-31(23)19-4-2-1-3-5-19/h1-7,12,14,16H,8-11,15H2,(H,29,32). The van der Waals surface area contributed by atoms with Crippen LogP contribution in [0, 0.1) is 11.3 Å². The lowest BCUT2D eigenvalue weighted by atomic mass is 9.97. The average Bonchev–Trinajstić information content (AvgIpc) is 3.43. The third-order valence-electron chi connectivity index (χ3n) is 5.82. The Bertz CT molecular complexity index is 1330. The third-order valence-corrected chi connectivity index (χ3v) is 7.25. The molecule has 0 saturated carbocycles. The zero-order valence-corrected chi connectivity index (χ0v) is 19.3. The van der Waals surface area contributed by atoms with Crippen LogP contribution < -0.4 is 5.32 Å². The number of aromatic nitrogens is 3. The molecule has 1 fully saturated rings. The quantitative estimate of drug-likeness (QED) is 0.446. The first kappa shape index (κ1) is 21.6. The molecule has 1 saturated heterocycles. The molecule has 2 aromatic heterocycles. The minimum absolute atomic E-state index is 0.155. The van der Waals surface area contributed by atoms with E-state index in [0.29, 0.717) is 22.3 Å². The summed E-state index contributed by atoms with van der Waals surface area (Å²) < 4.78 is 2.74. The molecule has 1 N–H and O–H groups in total. The number of piperidine rings is 1. The van der Waals surface area contributed by atoms with Crippen LogP contribution >= 0.6 is 22.9 Å². The van der Waals surface area contributed by atoms with E-state index in [1.54, 1.807) is 16.0 Å². The van der Waals surface area contributed by atoms with Crippen LogP contribution in [-0.4, -0.2) is 45.2 Å². The lowest BCUT2D eigenvalue weighted by molar-refractivity contribution is -0.117. The van der Waals surface area contributed by atoms with Gasteiger partial charge in [0.2, 0.25) is 5.91 Å². The molecule has 0 radical (unpaired) electrons. The van der Waals surface area contributed by atoms with Gasteiger partial charge in [0, 0.05) is 10.9 Å². The molecule has 1 aliphatic rings. The molecule has 2 aromatic carbocycles. The molecule has 9 heteroatoms. The van der Waals surface area contributed by atoms with Crippen molar-refractivity contribution in [3.63, 3.8) is 0 Å². The zero-order chi connectivity index (χ0) is 22.8. The number of carbonyl (C=O) groups excluding carboxylic acids is 1. The van der Waals surface area contributed by atoms with Gasteiger partial charge in [-0.15, -0.1) is 11.3 Å². The van der Waals surface area contributed by atoms with Crippen LogP contribution in [0.4, 0.5) is 5.82 Å². The van der Waals surface area contributed by atoms with E-state index in [1.807, 2.05) is 48.5 Å². The van der Waals surface area contributed by atoms with Gasteiger partial charge in [-0.2, -0.15) is 10.4 Å². The molecule has 0 unspecified atom stereocenters. The van der Waals surface area contributed by atoms with Crippen LogP contribution in [0.5, 0.6) is 0 Å². The number of likely N-dealkylation sites (tertiary alicyclic amines) is 1. The van der Waals surface area contributed by atoms with Crippen LogP contribution in [-0.2, 0) is 4.79 Å². The van der Waals surface area contributed by atoms with Crippen molar-refractivity contribution in [2.75, 3.05) is 25.0 Å². The van der Waals surface area contributed by atoms with Gasteiger partial charge >= 0.3 is 0 Å². The number of rotatable bonds is 5. The predicted molar refractivity (Wildman–Crippen MR) is 130 cm³/mol. The predicted octanol–water partition coefficient (Wildman–Crippen LogP) is 4.83. The van der Waals surface area contributed by atoms with E-state index in [4.69, 9.17) is 16.6 Å². The van der Waals surface area contributed by atoms with E-state index in [9.17, 15) is 10.1 Å². The molecular formula is C24H21ClN6OS. The number of nitriles is 1. The molecule has 33 heavy (non-hydrogen) atoms. The highest BCUT2D eigenvalue weighted by Gasteiger charge is 2.25. The summed E-state index contributed by atoms with van der Waals surface area (Å²) in [6.45, 7) is 1.91. The van der Waals surface area contributed by atoms with E-state index in [2.05, 4.69) is 21.4 Å². The number of hydrogen-bond donors (Lipinski definition) is 1. The monoisotopic (exact) mass is 476 g/mol. The number of hydrogen-bond acceptors (Lipinski definition) is 6. The summed E-state index contributed by atoms with van der Waals surface area (Å²) in [5.74, 6) is 0.638. The van der Waals surface area contributed by atoms with Gasteiger partial charge in [0.25, 0.3) is 0 Å². The largest absolute Gasteiger partial charge is 0.308 e. The van der Waals surface area contributed by atoms with Gasteiger partial charge in [0.05, 0.1) is 33.7 Å². The van der Waals surface area contributed by atoms with Gasteiger partial charge in [-0.3, -0.25) is 9.69 Å². The van der Waals surface area contributed by atoms with Crippen molar-refractivity contribution in [2.24, 2.45) is 0 Å². The van der Waals surface area contributed by atoms with Crippen molar-refractivity contribution < 1.29 is 4.79 Å². The number of thiazole rings is 1. The molecule has 1 amide bonds. The van der Waals surface area contributed by atoms with Gasteiger partial charge < -0.3 is 5.32 Å². The van der Waals surface area contributed by atoms with Crippen LogP contribution in [0.15, 0.2) is 54.7 Å². The third kappa shape index (κ3) is 4.62. The fraction of sp³-hybridized carbons (Fsp3) is 0.250. The Labute approximate surface area is 200 Å². The molecule has 4 aromatic rings. The number of carbonyl (C=O) groups is 1. The van der Waals surface area contributed by atoms with Gasteiger partial charge in [0.15, 0.2) is 5.82 Å². The summed E-state index contributed by atoms with van der Waals surface area (Å²) in [5.41, 5.74) is 2.07. The number of amides is 1. The maximum Gasteiger partial charge on any atom is 0.239 e. The maximum atomic E-state index is 12.8. The fourth-order valence-electron chi connectivity index (χ4n) is 4.12. The first-order valence-electron chi connectivity index (χ1n) is 10.7. The number of nitrogens with zero attached hydrogens (tertiary/aromatic N) is 5. The number of anilines is 1. The Morgan fingerprint density at radius 2 is 2.00 bits per heavy atom. The summed E-state index contributed by atoms with van der Waals surface area (Å²) in [5, 5.41) is 18.5. The molecule has 3 heterocycles. The van der Waals surface area contributed by atoms with Crippen molar-refractivity contribution in [2.45, 2.75) is 18.8 Å². The minimum atomic E-state index is -0.155. The van der Waals surface area contributed by atoms with Crippen molar-refractivity contribution in [3.8, 4) is 11.8 Å². The highest BCUT2D eigenvalue weighted by Crippen LogP contribution is 2.34. The number of fused-ring (bicyclic) bond motifs is 1. The lowest BCUT2D eigenvalue weighted by Crippen LogP contribution is -2.39. The van der Waals surface area contributed by atoms with Crippen molar-refractivity contribution >= 4 is 44.9 Å². The lowest BCUT2D eigenvalue weighted by Gasteiger charge is -2.30. The molecule has 166 valence electrons. The molecule has 0 bridgehead atoms. The summed E-state index contributed by atoms with van der Waals surface area (Å²) in [6, 6.07) is 17.4. The van der Waals surface area contributed by atoms with Gasteiger partial charge in [0.1, 0.15) is 11.6 Å². The van der Waals surface area contributed by atoms with E-state index in [-0.39, 0.29) is 12.5 Å². The summed E-state index contributed by atoms with van der Waals surface area (Å²) in [6.07, 6.45) is 3.37. The zero-order valence-electron chi connectivity index (χ0n) is 17.7. The average molecular weight is 477 g/mol. The highest BCUT2D eigenvalue weighted by atomic mass is 35.5. The van der Waals surface area contributed by atoms with E-state index >= 15 is 0 Å². The number of halogens is 1. The molecule has 0 atom stereocenters. The molecule has 5 rings (SSSR count). The van der Waals surface area contributed by atoms with Crippen molar-refractivity contribution in [3.05, 3.63) is 70.3 Å². The Morgan fingerprint density at radius 1 is 1.21 bits per heavy atom. The second-order valence-electron chi connectivity index (χ2n) is 8.03. The highest BCUT2D eigenvalue weighted by molar-refractivity contribution is 7.18. The second-order valence-corrected chi connectivity index (χ2v) is 9.53. The molecule has 0 aliphatic carbocycles. The van der Waals surface area contributed by atoms with E-state index in [0.717, 1.165) is 46.8 Å². The van der Waals surface area contributed by atoms with Crippen molar-refractivity contribution in [1.29, 1.82) is 5.26 Å². The Kier molecular flexibility index (Phi) is 6.09. The van der Waals surface area contributed by atoms with Gasteiger partial charge in [-0.05, 0) is 56.3 Å². The normalized spacial score (nSPS) is 14.9. The van der Waals surface area contributed by atoms with Gasteiger partial charge in [-0.1, -0.05) is 29.8 Å². The summed E-state index contributed by atoms with van der Waals surface area (Å²) in [7, 11) is 0. The van der Waals surface area contributed by atoms with Crippen molar-refractivity contribution in [1.82, 2.24) is 19.7 Å². The van der Waals surface area contributed by atoms with Crippen LogP contribution in [0.25, 0.3) is 15.9 Å². The van der Waals surface area contributed by atoms with Crippen LogP contribution in [0.2, 0.25) is 5.02 Å². The first-order valence-corrected chi connectivity index (χ1v) is 11.9. The molecule has 1 aliphatic heterocycles. The summed E-state index contributed by atoms with van der Waals surface area (Å²) in [4.78, 5) is 19.7. The number of nitrogens with one attached hydrogen (secondary N) is 1. The maximum absolute atomic E-state index is 12.8. The SMILES string of the molecule is N#Cc1cnn(-c2ccccc2)c1NC(=O)CN1CCC(c2nc3cc(Cl)ccc3s2)CC1.